The molecule has 14 heteroatoms. The van der Waals surface area contributed by atoms with Crippen molar-refractivity contribution < 1.29 is 52.7 Å². The van der Waals surface area contributed by atoms with E-state index in [0.29, 0.717) is 53.8 Å². The quantitative estimate of drug-likeness (QED) is 0.0504. The second-order valence-corrected chi connectivity index (χ2v) is 17.9. The largest absolute Gasteiger partial charge is 0.497 e. The van der Waals surface area contributed by atoms with Gasteiger partial charge in [-0.25, -0.2) is 9.18 Å². The summed E-state index contributed by atoms with van der Waals surface area (Å²) in [5, 5.41) is 27.4. The fourth-order valence-electron chi connectivity index (χ4n) is 10.9. The summed E-state index contributed by atoms with van der Waals surface area (Å²) in [5.41, 5.74) is 3.50. The van der Waals surface area contributed by atoms with E-state index >= 15 is 4.79 Å². The Bertz CT molecular complexity index is 2190. The number of rotatable bonds is 22. The number of hydrogen-bond acceptors (Lipinski definition) is 11. The third-order valence-corrected chi connectivity index (χ3v) is 13.9. The van der Waals surface area contributed by atoms with Gasteiger partial charge in [0.1, 0.15) is 42.0 Å². The van der Waals surface area contributed by atoms with Gasteiger partial charge in [0.15, 0.2) is 0 Å². The molecule has 3 N–H and O–H groups in total. The van der Waals surface area contributed by atoms with E-state index in [2.05, 4.69) is 18.0 Å². The van der Waals surface area contributed by atoms with Gasteiger partial charge in [-0.15, -0.1) is 6.58 Å². The van der Waals surface area contributed by atoms with Crippen LogP contribution < -0.4 is 24.3 Å². The highest BCUT2D eigenvalue weighted by molar-refractivity contribution is 6.03. The Morgan fingerprint density at radius 1 is 0.939 bits per heavy atom. The second-order valence-electron chi connectivity index (χ2n) is 17.9. The van der Waals surface area contributed by atoms with E-state index in [-0.39, 0.29) is 68.0 Å². The van der Waals surface area contributed by atoms with Gasteiger partial charge in [0.25, 0.3) is 0 Å². The molecule has 3 aliphatic carbocycles. The summed E-state index contributed by atoms with van der Waals surface area (Å²) in [6.45, 7) is 4.42. The molecule has 0 bridgehead atoms. The number of allylic oxidation sites excluding steroid dienone is 1. The number of methoxy groups -OCH3 is 2. The summed E-state index contributed by atoms with van der Waals surface area (Å²) < 4.78 is 45.7. The van der Waals surface area contributed by atoms with Gasteiger partial charge in [-0.2, -0.15) is 0 Å². The molecule has 6 unspecified atom stereocenters. The third kappa shape index (κ3) is 10.9. The van der Waals surface area contributed by atoms with Crippen LogP contribution in [0, 0.1) is 29.5 Å². The van der Waals surface area contributed by atoms with Gasteiger partial charge >= 0.3 is 6.09 Å². The lowest BCUT2D eigenvalue weighted by atomic mass is 9.55. The number of carbonyl (C=O) groups is 2. The molecule has 7 rings (SSSR count). The first-order valence-electron chi connectivity index (χ1n) is 23.5. The minimum atomic E-state index is -1.48. The lowest BCUT2D eigenvalue weighted by Crippen LogP contribution is -2.70. The molecular weight excluding hydrogens is 846 g/mol. The first-order chi connectivity index (χ1) is 32.2. The number of unbranched alkanes of at least 4 members (excludes halogenated alkanes) is 2. The van der Waals surface area contributed by atoms with E-state index in [4.69, 9.17) is 33.7 Å². The zero-order valence-electron chi connectivity index (χ0n) is 38.6. The summed E-state index contributed by atoms with van der Waals surface area (Å²) >= 11 is 0. The number of fused-ring (bicyclic) bond motifs is 2. The van der Waals surface area contributed by atoms with Crippen molar-refractivity contribution in [1.29, 1.82) is 0 Å². The van der Waals surface area contributed by atoms with Crippen LogP contribution in [-0.2, 0) is 20.9 Å². The number of nitrogens with one attached hydrogen (secondary N) is 1. The predicted octanol–water partition coefficient (Wildman–Crippen LogP) is 9.72. The maximum atomic E-state index is 15.0. The molecule has 66 heavy (non-hydrogen) atoms. The van der Waals surface area contributed by atoms with Gasteiger partial charge in [-0.3, -0.25) is 10.1 Å². The fourth-order valence-corrected chi connectivity index (χ4v) is 10.9. The number of ether oxygens (including phenoxy) is 5. The Morgan fingerprint density at radius 2 is 1.68 bits per heavy atom. The molecule has 2 fully saturated rings. The van der Waals surface area contributed by atoms with Crippen molar-refractivity contribution in [3.63, 3.8) is 0 Å². The maximum absolute atomic E-state index is 15.0. The summed E-state index contributed by atoms with van der Waals surface area (Å²) in [4.78, 5) is 36.1. The molecular formula is C52H66FN3O10. The number of anilines is 1. The fraction of sp³-hybridized carbons (Fsp3) is 0.519. The zero-order valence-corrected chi connectivity index (χ0v) is 38.6. The smallest absolute Gasteiger partial charge is 0.417 e. The monoisotopic (exact) mass is 911 g/mol. The SMILES string of the molecule is C=CCOC12Oc3ccc(OC(=O)Nc4ccc(OC)cc4OC)cc3C3C(CCCCO)C(CCCCO)C=C(C(=NOC)CC1N(Cc1ccc(F)cc1)C(=O)CCC1CCCC1)C32. The maximum Gasteiger partial charge on any atom is 0.417 e. The molecule has 3 aromatic carbocycles. The van der Waals surface area contributed by atoms with E-state index in [0.717, 1.165) is 74.5 Å². The number of hydrogen-bond donors (Lipinski definition) is 3. The van der Waals surface area contributed by atoms with Gasteiger partial charge in [0.05, 0.1) is 38.1 Å². The van der Waals surface area contributed by atoms with Crippen LogP contribution in [0.1, 0.15) is 101 Å². The molecule has 1 aliphatic heterocycles. The van der Waals surface area contributed by atoms with E-state index < -0.39 is 23.8 Å². The molecule has 4 aliphatic rings. The number of carbonyl (C=O) groups excluding carboxylic acids is 2. The number of amides is 2. The van der Waals surface area contributed by atoms with Crippen LogP contribution in [0.4, 0.5) is 14.9 Å². The Balaban J connectivity index is 1.38. The summed E-state index contributed by atoms with van der Waals surface area (Å²) in [5.74, 6) is -0.621. The van der Waals surface area contributed by atoms with E-state index in [1.165, 1.54) is 26.4 Å². The molecule has 2 amide bonds. The Kier molecular flexibility index (Phi) is 16.8. The van der Waals surface area contributed by atoms with Crippen LogP contribution in [0.5, 0.6) is 23.0 Å². The highest BCUT2D eigenvalue weighted by atomic mass is 19.1. The van der Waals surface area contributed by atoms with Gasteiger partial charge in [-0.1, -0.05) is 68.0 Å². The number of halogens is 1. The Morgan fingerprint density at radius 3 is 2.38 bits per heavy atom. The summed E-state index contributed by atoms with van der Waals surface area (Å²) in [7, 11) is 4.56. The third-order valence-electron chi connectivity index (χ3n) is 13.9. The molecule has 0 saturated heterocycles. The lowest BCUT2D eigenvalue weighted by Gasteiger charge is -2.60. The van der Waals surface area contributed by atoms with Crippen LogP contribution in [0.2, 0.25) is 0 Å². The summed E-state index contributed by atoms with van der Waals surface area (Å²) in [6, 6.07) is 15.9. The molecule has 2 saturated carbocycles. The number of oxime groups is 1. The minimum absolute atomic E-state index is 0.00641. The first kappa shape index (κ1) is 48.5. The van der Waals surface area contributed by atoms with Crippen molar-refractivity contribution in [1.82, 2.24) is 4.90 Å². The van der Waals surface area contributed by atoms with Crippen molar-refractivity contribution >= 4 is 23.4 Å². The second kappa shape index (κ2) is 22.8. The minimum Gasteiger partial charge on any atom is -0.497 e. The van der Waals surface area contributed by atoms with Crippen LogP contribution >= 0.6 is 0 Å². The van der Waals surface area contributed by atoms with Gasteiger partial charge in [0, 0.05) is 50.1 Å². The van der Waals surface area contributed by atoms with Gasteiger partial charge in [0.2, 0.25) is 11.7 Å². The predicted molar refractivity (Wildman–Crippen MR) is 249 cm³/mol. The number of benzene rings is 3. The van der Waals surface area contributed by atoms with E-state index in [1.54, 1.807) is 55.7 Å². The van der Waals surface area contributed by atoms with Crippen molar-refractivity contribution in [2.45, 2.75) is 108 Å². The zero-order chi connectivity index (χ0) is 46.6. The van der Waals surface area contributed by atoms with Gasteiger partial charge < -0.3 is 43.6 Å². The lowest BCUT2D eigenvalue weighted by molar-refractivity contribution is -0.258. The standard InChI is InChI=1S/C52H66FN3O10/c1-5-28-64-52-47(56(33-35-16-19-37(53)20-17-35)48(59)25-18-34-12-6-7-13-34)32-44(55-63-4)41-29-36(14-8-10-26-57)40(15-9-11-27-58)49(50(41)52)42-30-39(22-24-45(42)66-52)65-51(60)54-43-23-21-38(61-2)31-46(43)62-3/h5,16-17,19-24,29-31,34,36,40,47,49-50,57-58H,1,6-15,18,25-28,32-33H2,2-4H3,(H,54,60). The van der Waals surface area contributed by atoms with Crippen molar-refractivity contribution in [2.75, 3.05) is 46.5 Å². The highest BCUT2D eigenvalue weighted by Gasteiger charge is 2.65. The number of aliphatic hydroxyl groups excluding tert-OH is 2. The van der Waals surface area contributed by atoms with Crippen molar-refractivity contribution in [3.05, 3.63) is 102 Å². The summed E-state index contributed by atoms with van der Waals surface area (Å²) in [6.07, 6.45) is 13.3. The Labute approximate surface area is 387 Å². The van der Waals surface area contributed by atoms with Crippen molar-refractivity contribution in [3.8, 4) is 23.0 Å². The molecule has 3 aromatic rings. The average molecular weight is 912 g/mol. The van der Waals surface area contributed by atoms with Gasteiger partial charge in [-0.05, 0) is 103 Å². The highest BCUT2D eigenvalue weighted by Crippen LogP contribution is 2.62. The van der Waals surface area contributed by atoms with E-state index in [1.807, 2.05) is 11.0 Å². The average Bonchev–Trinajstić information content (AvgIpc) is 3.86. The van der Waals surface area contributed by atoms with E-state index in [9.17, 15) is 19.4 Å². The molecule has 0 aromatic heterocycles. The molecule has 356 valence electrons. The molecule has 6 atom stereocenters. The Hall–Kier alpha value is -5.44. The van der Waals surface area contributed by atoms with Crippen LogP contribution in [0.15, 0.2) is 90.1 Å². The van der Waals surface area contributed by atoms with Crippen LogP contribution in [-0.4, -0.2) is 85.8 Å². The first-order valence-corrected chi connectivity index (χ1v) is 23.5. The normalized spacial score (nSPS) is 23.8. The molecule has 1 heterocycles. The topological polar surface area (TPSA) is 158 Å². The van der Waals surface area contributed by atoms with Crippen molar-refractivity contribution in [2.24, 2.45) is 28.8 Å². The molecule has 0 radical (unpaired) electrons. The van der Waals surface area contributed by atoms with Crippen LogP contribution in [0.3, 0.4) is 0 Å². The number of aliphatic hydroxyl groups is 2. The van der Waals surface area contributed by atoms with Crippen LogP contribution in [0.25, 0.3) is 0 Å². The molecule has 0 spiro atoms. The number of nitrogens with zero attached hydrogens (tertiary/aromatic N) is 2. The molecule has 13 nitrogen and oxygen atoms in total.